The highest BCUT2D eigenvalue weighted by Gasteiger charge is 2.31. The van der Waals surface area contributed by atoms with Gasteiger partial charge < -0.3 is 20.1 Å². The van der Waals surface area contributed by atoms with Gasteiger partial charge in [-0.25, -0.2) is 0 Å². The Hall–Kier alpha value is -2.64. The van der Waals surface area contributed by atoms with Crippen LogP contribution in [0.25, 0.3) is 6.08 Å². The third kappa shape index (κ3) is 4.30. The Bertz CT molecular complexity index is 813. The standard InChI is InChI=1S/C19H20N2O4S/c1-25-16-4-2-15(3-5-16)21-10-14(9-19(21)24)20-18(23)7-6-17-8-13(11-22)12-26-17/h2-8,12,14,22H,9-11H2,1H3,(H,20,23)/b7-6+. The number of hydrogen-bond donors (Lipinski definition) is 2. The van der Waals surface area contributed by atoms with E-state index in [1.165, 1.54) is 17.4 Å². The number of rotatable bonds is 6. The number of carbonyl (C=O) groups excluding carboxylic acids is 2. The molecule has 1 fully saturated rings. The monoisotopic (exact) mass is 372 g/mol. The molecule has 7 heteroatoms. The average Bonchev–Trinajstić information content (AvgIpc) is 3.26. The Kier molecular flexibility index (Phi) is 5.70. The molecule has 6 nitrogen and oxygen atoms in total. The number of ether oxygens (including phenoxy) is 1. The fraction of sp³-hybridized carbons (Fsp3) is 0.263. The molecule has 0 spiro atoms. The van der Waals surface area contributed by atoms with Gasteiger partial charge in [0.2, 0.25) is 11.8 Å². The molecule has 2 heterocycles. The first-order valence-electron chi connectivity index (χ1n) is 8.20. The van der Waals surface area contributed by atoms with Gasteiger partial charge in [0.1, 0.15) is 5.75 Å². The van der Waals surface area contributed by atoms with Crippen LogP contribution in [0, 0.1) is 0 Å². The highest BCUT2D eigenvalue weighted by Crippen LogP contribution is 2.24. The SMILES string of the molecule is COc1ccc(N2CC(NC(=O)/C=C/c3cc(CO)cs3)CC2=O)cc1. The molecule has 136 valence electrons. The number of carbonyl (C=O) groups is 2. The zero-order chi connectivity index (χ0) is 18.5. The van der Waals surface area contributed by atoms with Crippen LogP contribution in [0.2, 0.25) is 0 Å². The second-order valence-corrected chi connectivity index (χ2v) is 6.90. The zero-order valence-corrected chi connectivity index (χ0v) is 15.2. The quantitative estimate of drug-likeness (QED) is 0.762. The summed E-state index contributed by atoms with van der Waals surface area (Å²) in [5.74, 6) is 0.474. The van der Waals surface area contributed by atoms with Gasteiger partial charge in [-0.2, -0.15) is 0 Å². The lowest BCUT2D eigenvalue weighted by molar-refractivity contribution is -0.117. The summed E-state index contributed by atoms with van der Waals surface area (Å²) in [4.78, 5) is 26.9. The molecule has 1 aliphatic heterocycles. The Morgan fingerprint density at radius 1 is 1.42 bits per heavy atom. The van der Waals surface area contributed by atoms with Crippen molar-refractivity contribution in [3.05, 3.63) is 52.2 Å². The van der Waals surface area contributed by atoms with E-state index in [1.54, 1.807) is 30.2 Å². The van der Waals surface area contributed by atoms with Crippen molar-refractivity contribution in [1.82, 2.24) is 5.32 Å². The highest BCUT2D eigenvalue weighted by molar-refractivity contribution is 7.11. The van der Waals surface area contributed by atoms with Crippen molar-refractivity contribution in [2.75, 3.05) is 18.6 Å². The molecule has 1 atom stereocenters. The second kappa shape index (κ2) is 8.16. The number of hydrogen-bond acceptors (Lipinski definition) is 5. The number of nitrogens with one attached hydrogen (secondary N) is 1. The van der Waals surface area contributed by atoms with Crippen LogP contribution in [0.15, 0.2) is 41.8 Å². The number of anilines is 1. The Labute approximate surface area is 155 Å². The van der Waals surface area contributed by atoms with Crippen molar-refractivity contribution in [3.63, 3.8) is 0 Å². The van der Waals surface area contributed by atoms with Crippen molar-refractivity contribution < 1.29 is 19.4 Å². The van der Waals surface area contributed by atoms with Crippen LogP contribution in [-0.4, -0.2) is 36.6 Å². The van der Waals surface area contributed by atoms with E-state index in [9.17, 15) is 9.59 Å². The summed E-state index contributed by atoms with van der Waals surface area (Å²) in [5, 5.41) is 13.8. The lowest BCUT2D eigenvalue weighted by Gasteiger charge is -2.17. The van der Waals surface area contributed by atoms with E-state index in [4.69, 9.17) is 9.84 Å². The van der Waals surface area contributed by atoms with Crippen molar-refractivity contribution in [2.45, 2.75) is 19.1 Å². The van der Waals surface area contributed by atoms with Crippen LogP contribution in [0.4, 0.5) is 5.69 Å². The smallest absolute Gasteiger partial charge is 0.244 e. The molecule has 1 aromatic heterocycles. The summed E-state index contributed by atoms with van der Waals surface area (Å²) in [6.07, 6.45) is 3.43. The van der Waals surface area contributed by atoms with Gasteiger partial charge in [-0.3, -0.25) is 9.59 Å². The normalized spacial score (nSPS) is 17.1. The molecular weight excluding hydrogens is 352 g/mol. The number of benzene rings is 1. The minimum atomic E-state index is -0.238. The highest BCUT2D eigenvalue weighted by atomic mass is 32.1. The number of aliphatic hydroxyl groups excluding tert-OH is 1. The number of aliphatic hydroxyl groups is 1. The van der Waals surface area contributed by atoms with Gasteiger partial charge in [0.25, 0.3) is 0 Å². The zero-order valence-electron chi connectivity index (χ0n) is 14.3. The maximum absolute atomic E-state index is 12.2. The van der Waals surface area contributed by atoms with Crippen LogP contribution >= 0.6 is 11.3 Å². The third-order valence-corrected chi connectivity index (χ3v) is 5.06. The van der Waals surface area contributed by atoms with Gasteiger partial charge in [-0.1, -0.05) is 0 Å². The van der Waals surface area contributed by atoms with Crippen molar-refractivity contribution >= 4 is 34.9 Å². The van der Waals surface area contributed by atoms with E-state index in [0.29, 0.717) is 6.54 Å². The molecule has 2 amide bonds. The maximum Gasteiger partial charge on any atom is 0.244 e. The molecule has 1 aliphatic rings. The first-order chi connectivity index (χ1) is 12.6. The molecule has 1 saturated heterocycles. The minimum absolute atomic E-state index is 0.0120. The summed E-state index contributed by atoms with van der Waals surface area (Å²) in [6.45, 7) is 0.431. The molecule has 2 aromatic rings. The molecule has 2 N–H and O–H groups in total. The average molecular weight is 372 g/mol. The maximum atomic E-state index is 12.2. The topological polar surface area (TPSA) is 78.9 Å². The van der Waals surface area contributed by atoms with Gasteiger partial charge in [-0.15, -0.1) is 11.3 Å². The van der Waals surface area contributed by atoms with E-state index in [2.05, 4.69) is 5.32 Å². The lowest BCUT2D eigenvalue weighted by atomic mass is 10.2. The summed E-state index contributed by atoms with van der Waals surface area (Å²) in [5.41, 5.74) is 1.62. The van der Waals surface area contributed by atoms with Crippen LogP contribution in [0.1, 0.15) is 16.9 Å². The molecular formula is C19H20N2O4S. The Morgan fingerprint density at radius 3 is 2.85 bits per heavy atom. The van der Waals surface area contributed by atoms with E-state index >= 15 is 0 Å². The predicted molar refractivity (Wildman–Crippen MR) is 101 cm³/mol. The van der Waals surface area contributed by atoms with Gasteiger partial charge in [-0.05, 0) is 47.4 Å². The van der Waals surface area contributed by atoms with E-state index in [0.717, 1.165) is 21.9 Å². The number of nitrogens with zero attached hydrogens (tertiary/aromatic N) is 1. The fourth-order valence-corrected chi connectivity index (χ4v) is 3.58. The molecule has 26 heavy (non-hydrogen) atoms. The van der Waals surface area contributed by atoms with Crippen LogP contribution in [-0.2, 0) is 16.2 Å². The number of thiophene rings is 1. The first kappa shape index (κ1) is 18.2. The molecule has 1 aromatic carbocycles. The fourth-order valence-electron chi connectivity index (χ4n) is 2.79. The molecule has 1 unspecified atom stereocenters. The van der Waals surface area contributed by atoms with Crippen molar-refractivity contribution in [2.24, 2.45) is 0 Å². The number of methoxy groups -OCH3 is 1. The van der Waals surface area contributed by atoms with E-state index < -0.39 is 0 Å². The van der Waals surface area contributed by atoms with Gasteiger partial charge in [0.05, 0.1) is 19.8 Å². The molecule has 0 radical (unpaired) electrons. The summed E-state index contributed by atoms with van der Waals surface area (Å²) >= 11 is 1.46. The van der Waals surface area contributed by atoms with Crippen LogP contribution in [0.3, 0.4) is 0 Å². The number of amides is 2. The Balaban J connectivity index is 1.57. The largest absolute Gasteiger partial charge is 0.497 e. The molecule has 0 aliphatic carbocycles. The Morgan fingerprint density at radius 2 is 2.19 bits per heavy atom. The van der Waals surface area contributed by atoms with Crippen molar-refractivity contribution in [1.29, 1.82) is 0 Å². The summed E-state index contributed by atoms with van der Waals surface area (Å²) in [6, 6.07) is 8.88. The third-order valence-electron chi connectivity index (χ3n) is 4.11. The molecule has 0 bridgehead atoms. The van der Waals surface area contributed by atoms with Crippen LogP contribution in [0.5, 0.6) is 5.75 Å². The molecule has 0 saturated carbocycles. The van der Waals surface area contributed by atoms with E-state index in [1.807, 2.05) is 23.6 Å². The summed E-state index contributed by atoms with van der Waals surface area (Å²) < 4.78 is 5.12. The van der Waals surface area contributed by atoms with Gasteiger partial charge in [0, 0.05) is 29.6 Å². The van der Waals surface area contributed by atoms with E-state index in [-0.39, 0.29) is 30.9 Å². The molecule has 3 rings (SSSR count). The lowest BCUT2D eigenvalue weighted by Crippen LogP contribution is -2.36. The predicted octanol–water partition coefficient (Wildman–Crippen LogP) is 2.18. The minimum Gasteiger partial charge on any atom is -0.497 e. The van der Waals surface area contributed by atoms with Crippen LogP contribution < -0.4 is 15.0 Å². The van der Waals surface area contributed by atoms with Gasteiger partial charge in [0.15, 0.2) is 0 Å². The first-order valence-corrected chi connectivity index (χ1v) is 9.08. The summed E-state index contributed by atoms with van der Waals surface area (Å²) in [7, 11) is 1.59. The van der Waals surface area contributed by atoms with Gasteiger partial charge >= 0.3 is 0 Å². The second-order valence-electron chi connectivity index (χ2n) is 5.96. The van der Waals surface area contributed by atoms with Crippen molar-refractivity contribution in [3.8, 4) is 5.75 Å².